The van der Waals surface area contributed by atoms with Gasteiger partial charge in [-0.05, 0) is 6.42 Å². The molecule has 0 aliphatic heterocycles. The Hall–Kier alpha value is -0.640. The van der Waals surface area contributed by atoms with E-state index in [1.807, 2.05) is 0 Å². The molecule has 3 nitrogen and oxygen atoms in total. The fourth-order valence-electron chi connectivity index (χ4n) is 0.743. The average molecular weight is 147 g/mol. The summed E-state index contributed by atoms with van der Waals surface area (Å²) in [6, 6.07) is 0. The van der Waals surface area contributed by atoms with Gasteiger partial charge in [0.25, 0.3) is 5.91 Å². The van der Waals surface area contributed by atoms with Crippen LogP contribution in [0.15, 0.2) is 0 Å². The lowest BCUT2D eigenvalue weighted by Gasteiger charge is -2.11. The van der Waals surface area contributed by atoms with Gasteiger partial charge in [-0.15, -0.1) is 0 Å². The Kier molecular flexibility index (Phi) is 1.89. The summed E-state index contributed by atoms with van der Waals surface area (Å²) >= 11 is 0. The highest BCUT2D eigenvalue weighted by atomic mass is 19.1. The molecular formula is C6H10FNO2. The smallest absolute Gasteiger partial charge is 0.251 e. The first-order valence-electron chi connectivity index (χ1n) is 3.12. The average Bonchev–Trinajstić information content (AvgIpc) is 2.63. The number of halogens is 1. The number of hydrogen-bond acceptors (Lipinski definition) is 2. The van der Waals surface area contributed by atoms with Crippen molar-refractivity contribution in [1.29, 1.82) is 0 Å². The van der Waals surface area contributed by atoms with Crippen LogP contribution in [0, 0.1) is 5.92 Å². The molecule has 1 rings (SSSR count). The molecule has 2 atom stereocenters. The van der Waals surface area contributed by atoms with Crippen molar-refractivity contribution in [2.24, 2.45) is 5.92 Å². The zero-order chi connectivity index (χ0) is 7.72. The van der Waals surface area contributed by atoms with Crippen molar-refractivity contribution in [1.82, 2.24) is 5.06 Å². The number of hydrogen-bond donors (Lipinski definition) is 0. The Bertz CT molecular complexity index is 145. The molecule has 1 amide bonds. The third-order valence-electron chi connectivity index (χ3n) is 1.61. The molecule has 0 aromatic carbocycles. The minimum Gasteiger partial charge on any atom is -0.275 e. The number of carbonyl (C=O) groups excluding carboxylic acids is 1. The van der Waals surface area contributed by atoms with Crippen LogP contribution in [0.4, 0.5) is 4.39 Å². The molecule has 0 bridgehead atoms. The molecule has 4 heteroatoms. The van der Waals surface area contributed by atoms with E-state index in [0.717, 1.165) is 5.06 Å². The molecule has 0 radical (unpaired) electrons. The molecule has 58 valence electrons. The van der Waals surface area contributed by atoms with Crippen LogP contribution in [0.3, 0.4) is 0 Å². The predicted molar refractivity (Wildman–Crippen MR) is 32.8 cm³/mol. The zero-order valence-corrected chi connectivity index (χ0v) is 6.00. The lowest BCUT2D eigenvalue weighted by molar-refractivity contribution is -0.170. The molecule has 0 N–H and O–H groups in total. The second-order valence-corrected chi connectivity index (χ2v) is 2.38. The van der Waals surface area contributed by atoms with Crippen molar-refractivity contribution in [2.45, 2.75) is 12.6 Å². The monoisotopic (exact) mass is 147 g/mol. The Morgan fingerprint density at radius 1 is 1.80 bits per heavy atom. The lowest BCUT2D eigenvalue weighted by Crippen LogP contribution is -2.27. The van der Waals surface area contributed by atoms with Crippen LogP contribution in [0.2, 0.25) is 0 Å². The topological polar surface area (TPSA) is 29.5 Å². The highest BCUT2D eigenvalue weighted by molar-refractivity contribution is 5.80. The van der Waals surface area contributed by atoms with Crippen LogP contribution in [0.1, 0.15) is 6.42 Å². The summed E-state index contributed by atoms with van der Waals surface area (Å²) in [4.78, 5) is 15.5. The van der Waals surface area contributed by atoms with Gasteiger partial charge in [0, 0.05) is 7.05 Å². The van der Waals surface area contributed by atoms with Crippen molar-refractivity contribution in [3.8, 4) is 0 Å². The van der Waals surface area contributed by atoms with E-state index in [-0.39, 0.29) is 5.91 Å². The summed E-state index contributed by atoms with van der Waals surface area (Å²) in [6.07, 6.45) is -0.586. The Morgan fingerprint density at radius 2 is 2.30 bits per heavy atom. The molecule has 0 aromatic rings. The minimum atomic E-state index is -0.940. The van der Waals surface area contributed by atoms with E-state index in [2.05, 4.69) is 4.84 Å². The molecule has 0 aromatic heterocycles. The molecular weight excluding hydrogens is 137 g/mol. The van der Waals surface area contributed by atoms with E-state index in [0.29, 0.717) is 6.42 Å². The van der Waals surface area contributed by atoms with Gasteiger partial charge in [0.2, 0.25) is 0 Å². The first-order valence-corrected chi connectivity index (χ1v) is 3.12. The summed E-state index contributed by atoms with van der Waals surface area (Å²) < 4.78 is 12.2. The second kappa shape index (κ2) is 2.54. The number of rotatable bonds is 2. The van der Waals surface area contributed by atoms with E-state index in [9.17, 15) is 9.18 Å². The fraction of sp³-hybridized carbons (Fsp3) is 0.833. The third kappa shape index (κ3) is 1.26. The SMILES string of the molecule is CON(C)C(=O)[C@H]1C[C@H]1F. The molecule has 1 aliphatic rings. The molecule has 0 heterocycles. The maximum atomic E-state index is 12.2. The van der Waals surface area contributed by atoms with Crippen LogP contribution in [-0.4, -0.2) is 31.3 Å². The summed E-state index contributed by atoms with van der Waals surface area (Å²) in [5.41, 5.74) is 0. The molecule has 0 saturated heterocycles. The van der Waals surface area contributed by atoms with Crippen LogP contribution >= 0.6 is 0 Å². The van der Waals surface area contributed by atoms with Crippen LogP contribution in [0.25, 0.3) is 0 Å². The summed E-state index contributed by atoms with van der Waals surface area (Å²) in [5.74, 6) is -0.708. The van der Waals surface area contributed by atoms with E-state index in [1.165, 1.54) is 14.2 Å². The number of nitrogens with zero attached hydrogens (tertiary/aromatic N) is 1. The van der Waals surface area contributed by atoms with Crippen LogP contribution in [-0.2, 0) is 9.63 Å². The number of hydroxylamine groups is 2. The van der Waals surface area contributed by atoms with Crippen molar-refractivity contribution in [3.05, 3.63) is 0 Å². The predicted octanol–water partition coefficient (Wildman–Crippen LogP) is 0.364. The van der Waals surface area contributed by atoms with Gasteiger partial charge in [0.05, 0.1) is 13.0 Å². The lowest BCUT2D eigenvalue weighted by atomic mass is 10.4. The van der Waals surface area contributed by atoms with Gasteiger partial charge in [-0.2, -0.15) is 0 Å². The van der Waals surface area contributed by atoms with E-state index in [4.69, 9.17) is 0 Å². The highest BCUT2D eigenvalue weighted by Gasteiger charge is 2.45. The number of alkyl halides is 1. The third-order valence-corrected chi connectivity index (χ3v) is 1.61. The molecule has 0 unspecified atom stereocenters. The number of carbonyl (C=O) groups is 1. The molecule has 0 spiro atoms. The van der Waals surface area contributed by atoms with Crippen LogP contribution < -0.4 is 0 Å². The maximum absolute atomic E-state index is 12.2. The van der Waals surface area contributed by atoms with E-state index in [1.54, 1.807) is 0 Å². The Morgan fingerprint density at radius 3 is 2.60 bits per heavy atom. The highest BCUT2D eigenvalue weighted by Crippen LogP contribution is 2.34. The largest absolute Gasteiger partial charge is 0.275 e. The van der Waals surface area contributed by atoms with E-state index < -0.39 is 12.1 Å². The quantitative estimate of drug-likeness (QED) is 0.528. The Balaban J connectivity index is 2.35. The second-order valence-electron chi connectivity index (χ2n) is 2.38. The normalized spacial score (nSPS) is 29.9. The molecule has 1 saturated carbocycles. The minimum absolute atomic E-state index is 0.269. The van der Waals surface area contributed by atoms with Crippen molar-refractivity contribution < 1.29 is 14.0 Å². The van der Waals surface area contributed by atoms with Gasteiger partial charge in [-0.1, -0.05) is 0 Å². The summed E-state index contributed by atoms with van der Waals surface area (Å²) in [7, 11) is 2.86. The van der Waals surface area contributed by atoms with Crippen molar-refractivity contribution >= 4 is 5.91 Å². The first-order chi connectivity index (χ1) is 4.66. The summed E-state index contributed by atoms with van der Waals surface area (Å²) in [5, 5.41) is 1.06. The summed E-state index contributed by atoms with van der Waals surface area (Å²) in [6.45, 7) is 0. The first kappa shape index (κ1) is 7.47. The van der Waals surface area contributed by atoms with Gasteiger partial charge in [-0.3, -0.25) is 9.63 Å². The van der Waals surface area contributed by atoms with Crippen LogP contribution in [0.5, 0.6) is 0 Å². The van der Waals surface area contributed by atoms with Crippen molar-refractivity contribution in [2.75, 3.05) is 14.2 Å². The van der Waals surface area contributed by atoms with Gasteiger partial charge >= 0.3 is 0 Å². The molecule has 1 aliphatic carbocycles. The fourth-order valence-corrected chi connectivity index (χ4v) is 0.743. The van der Waals surface area contributed by atoms with Gasteiger partial charge in [-0.25, -0.2) is 9.45 Å². The standard InChI is InChI=1S/C6H10FNO2/c1-8(10-2)6(9)4-3-5(4)7/h4-5H,3H2,1-2H3/t4-,5+/m0/s1. The Labute approximate surface area is 58.7 Å². The van der Waals surface area contributed by atoms with Crippen molar-refractivity contribution in [3.63, 3.8) is 0 Å². The van der Waals surface area contributed by atoms with Gasteiger partial charge in [0.15, 0.2) is 0 Å². The molecule has 10 heavy (non-hydrogen) atoms. The van der Waals surface area contributed by atoms with Gasteiger partial charge in [0.1, 0.15) is 6.17 Å². The number of amides is 1. The molecule has 1 fully saturated rings. The van der Waals surface area contributed by atoms with Gasteiger partial charge < -0.3 is 0 Å². The van der Waals surface area contributed by atoms with E-state index >= 15 is 0 Å². The zero-order valence-electron chi connectivity index (χ0n) is 6.00. The maximum Gasteiger partial charge on any atom is 0.251 e.